The SMILES string of the molecule is CNC(=S)Nc1ccc(S(=O)(=O)Nc2cc(OC)ncn2)cc1. The van der Waals surface area contributed by atoms with Gasteiger partial charge in [-0.2, -0.15) is 0 Å². The molecular formula is C13H15N5O3S2. The number of nitrogens with zero attached hydrogens (tertiary/aromatic N) is 2. The Kier molecular flexibility index (Phi) is 5.29. The lowest BCUT2D eigenvalue weighted by Crippen LogP contribution is -2.24. The minimum Gasteiger partial charge on any atom is -0.481 e. The Morgan fingerprint density at radius 3 is 2.52 bits per heavy atom. The molecule has 8 nitrogen and oxygen atoms in total. The molecule has 0 saturated carbocycles. The van der Waals surface area contributed by atoms with E-state index in [0.717, 1.165) is 0 Å². The molecule has 3 N–H and O–H groups in total. The van der Waals surface area contributed by atoms with E-state index in [9.17, 15) is 8.42 Å². The summed E-state index contributed by atoms with van der Waals surface area (Å²) in [4.78, 5) is 7.75. The van der Waals surface area contributed by atoms with E-state index >= 15 is 0 Å². The van der Waals surface area contributed by atoms with E-state index < -0.39 is 10.0 Å². The number of sulfonamides is 1. The number of anilines is 2. The molecule has 10 heteroatoms. The van der Waals surface area contributed by atoms with Crippen LogP contribution in [0, 0.1) is 0 Å². The van der Waals surface area contributed by atoms with Crippen molar-refractivity contribution < 1.29 is 13.2 Å². The van der Waals surface area contributed by atoms with Crippen LogP contribution in [0.4, 0.5) is 11.5 Å². The lowest BCUT2D eigenvalue weighted by atomic mass is 10.3. The van der Waals surface area contributed by atoms with Crippen molar-refractivity contribution in [3.63, 3.8) is 0 Å². The van der Waals surface area contributed by atoms with Crippen LogP contribution in [0.2, 0.25) is 0 Å². The third-order valence-corrected chi connectivity index (χ3v) is 4.42. The Balaban J connectivity index is 2.17. The van der Waals surface area contributed by atoms with Crippen LogP contribution in [-0.2, 0) is 10.0 Å². The fourth-order valence-corrected chi connectivity index (χ4v) is 2.73. The van der Waals surface area contributed by atoms with Gasteiger partial charge in [0.1, 0.15) is 12.1 Å². The third-order valence-electron chi connectivity index (χ3n) is 2.74. The van der Waals surface area contributed by atoms with Crippen LogP contribution in [0.3, 0.4) is 0 Å². The maximum absolute atomic E-state index is 12.3. The van der Waals surface area contributed by atoms with Crippen molar-refractivity contribution in [1.29, 1.82) is 0 Å². The zero-order valence-electron chi connectivity index (χ0n) is 12.4. The second-order valence-electron chi connectivity index (χ2n) is 4.28. The van der Waals surface area contributed by atoms with Gasteiger partial charge in [0, 0.05) is 18.8 Å². The zero-order valence-corrected chi connectivity index (χ0v) is 14.0. The van der Waals surface area contributed by atoms with Crippen molar-refractivity contribution in [2.75, 3.05) is 24.2 Å². The molecule has 0 atom stereocenters. The Bertz CT molecular complexity index is 794. The van der Waals surface area contributed by atoms with Gasteiger partial charge in [-0.05, 0) is 36.5 Å². The summed E-state index contributed by atoms with van der Waals surface area (Å²) in [5, 5.41) is 6.11. The van der Waals surface area contributed by atoms with E-state index in [1.54, 1.807) is 19.2 Å². The molecule has 0 bridgehead atoms. The Hall–Kier alpha value is -2.46. The number of hydrogen-bond donors (Lipinski definition) is 3. The molecule has 2 aromatic rings. The van der Waals surface area contributed by atoms with Gasteiger partial charge in [-0.25, -0.2) is 18.4 Å². The first-order valence-corrected chi connectivity index (χ1v) is 8.31. The van der Waals surface area contributed by atoms with Gasteiger partial charge >= 0.3 is 0 Å². The number of nitrogens with one attached hydrogen (secondary N) is 3. The number of benzene rings is 1. The highest BCUT2D eigenvalue weighted by atomic mass is 32.2. The Morgan fingerprint density at radius 1 is 1.22 bits per heavy atom. The predicted octanol–water partition coefficient (Wildman–Crippen LogP) is 1.20. The number of aromatic nitrogens is 2. The molecule has 1 aromatic heterocycles. The summed E-state index contributed by atoms with van der Waals surface area (Å²) in [6.45, 7) is 0. The van der Waals surface area contributed by atoms with Crippen LogP contribution in [0.5, 0.6) is 5.88 Å². The highest BCUT2D eigenvalue weighted by Gasteiger charge is 2.15. The quantitative estimate of drug-likeness (QED) is 0.689. The molecule has 0 amide bonds. The standard InChI is InChI=1S/C13H15N5O3S2/c1-14-13(22)17-9-3-5-10(6-4-9)23(19,20)18-11-7-12(21-2)16-8-15-11/h3-8H,1-2H3,(H2,14,17,22)(H,15,16,18). The van der Waals surface area contributed by atoms with Crippen molar-refractivity contribution >= 4 is 38.9 Å². The summed E-state index contributed by atoms with van der Waals surface area (Å²) in [7, 11) is -0.640. The van der Waals surface area contributed by atoms with Gasteiger partial charge in [0.25, 0.3) is 10.0 Å². The van der Waals surface area contributed by atoms with Crippen molar-refractivity contribution in [3.8, 4) is 5.88 Å². The summed E-state index contributed by atoms with van der Waals surface area (Å²) in [6, 6.07) is 7.53. The van der Waals surface area contributed by atoms with Crippen LogP contribution >= 0.6 is 12.2 Å². The number of ether oxygens (including phenoxy) is 1. The van der Waals surface area contributed by atoms with Gasteiger partial charge in [0.15, 0.2) is 5.11 Å². The average molecular weight is 353 g/mol. The second-order valence-corrected chi connectivity index (χ2v) is 6.37. The minimum absolute atomic E-state index is 0.0935. The number of hydrogen-bond acceptors (Lipinski definition) is 6. The average Bonchev–Trinajstić information content (AvgIpc) is 2.55. The highest BCUT2D eigenvalue weighted by molar-refractivity contribution is 7.92. The summed E-state index contributed by atoms with van der Waals surface area (Å²) in [5.41, 5.74) is 0.673. The molecule has 0 spiro atoms. The largest absolute Gasteiger partial charge is 0.481 e. The number of thiocarbonyl (C=S) groups is 1. The van der Waals surface area contributed by atoms with Gasteiger partial charge in [0.2, 0.25) is 5.88 Å². The van der Waals surface area contributed by atoms with Gasteiger partial charge in [-0.15, -0.1) is 0 Å². The van der Waals surface area contributed by atoms with Crippen molar-refractivity contribution in [1.82, 2.24) is 15.3 Å². The van der Waals surface area contributed by atoms with Crippen LogP contribution < -0.4 is 20.1 Å². The normalized spacial score (nSPS) is 10.7. The lowest BCUT2D eigenvalue weighted by Gasteiger charge is -2.10. The first-order chi connectivity index (χ1) is 10.9. The summed E-state index contributed by atoms with van der Waals surface area (Å²) in [5.74, 6) is 0.383. The van der Waals surface area contributed by atoms with Gasteiger partial charge in [0.05, 0.1) is 12.0 Å². The first-order valence-electron chi connectivity index (χ1n) is 6.42. The minimum atomic E-state index is -3.76. The molecule has 0 aliphatic rings. The molecule has 0 fully saturated rings. The molecule has 1 heterocycles. The van der Waals surface area contributed by atoms with E-state index in [0.29, 0.717) is 10.8 Å². The summed E-state index contributed by atoms with van der Waals surface area (Å²) < 4.78 is 31.9. The molecule has 0 radical (unpaired) electrons. The van der Waals surface area contributed by atoms with Crippen LogP contribution in [-0.4, -0.2) is 37.7 Å². The molecule has 0 unspecified atom stereocenters. The van der Waals surface area contributed by atoms with E-state index in [1.165, 1.54) is 31.6 Å². The summed E-state index contributed by atoms with van der Waals surface area (Å²) >= 11 is 4.98. The maximum atomic E-state index is 12.3. The summed E-state index contributed by atoms with van der Waals surface area (Å²) in [6.07, 6.45) is 1.21. The lowest BCUT2D eigenvalue weighted by molar-refractivity contribution is 0.397. The van der Waals surface area contributed by atoms with Gasteiger partial charge < -0.3 is 15.4 Å². The predicted molar refractivity (Wildman–Crippen MR) is 91.1 cm³/mol. The Morgan fingerprint density at radius 2 is 1.91 bits per heavy atom. The molecule has 23 heavy (non-hydrogen) atoms. The number of methoxy groups -OCH3 is 1. The fraction of sp³-hybridized carbons (Fsp3) is 0.154. The van der Waals surface area contributed by atoms with Crippen LogP contribution in [0.25, 0.3) is 0 Å². The van der Waals surface area contributed by atoms with Gasteiger partial charge in [-0.3, -0.25) is 4.72 Å². The molecule has 0 aliphatic carbocycles. The van der Waals surface area contributed by atoms with Crippen molar-refractivity contribution in [2.24, 2.45) is 0 Å². The fourth-order valence-electron chi connectivity index (χ4n) is 1.61. The maximum Gasteiger partial charge on any atom is 0.263 e. The molecule has 1 aromatic carbocycles. The monoisotopic (exact) mass is 353 g/mol. The van der Waals surface area contributed by atoms with E-state index in [-0.39, 0.29) is 16.6 Å². The van der Waals surface area contributed by atoms with E-state index in [4.69, 9.17) is 17.0 Å². The van der Waals surface area contributed by atoms with Crippen LogP contribution in [0.15, 0.2) is 41.6 Å². The van der Waals surface area contributed by atoms with Crippen LogP contribution in [0.1, 0.15) is 0 Å². The van der Waals surface area contributed by atoms with E-state index in [2.05, 4.69) is 25.3 Å². The smallest absolute Gasteiger partial charge is 0.263 e. The van der Waals surface area contributed by atoms with Crippen molar-refractivity contribution in [2.45, 2.75) is 4.90 Å². The number of rotatable bonds is 5. The van der Waals surface area contributed by atoms with E-state index in [1.807, 2.05) is 0 Å². The molecule has 122 valence electrons. The zero-order chi connectivity index (χ0) is 16.9. The molecule has 2 rings (SSSR count). The molecule has 0 saturated heterocycles. The molecule has 0 aliphatic heterocycles. The highest BCUT2D eigenvalue weighted by Crippen LogP contribution is 2.18. The van der Waals surface area contributed by atoms with Crippen molar-refractivity contribution in [3.05, 3.63) is 36.7 Å². The topological polar surface area (TPSA) is 105 Å². The Labute approximate surface area is 139 Å². The first kappa shape index (κ1) is 16.9. The second kappa shape index (κ2) is 7.20. The van der Waals surface area contributed by atoms with Gasteiger partial charge in [-0.1, -0.05) is 0 Å². The third kappa shape index (κ3) is 4.50. The molecular weight excluding hydrogens is 338 g/mol.